The maximum atomic E-state index is 11.0. The molecular formula is C10H13NO3. The number of rotatable bonds is 3. The fourth-order valence-corrected chi connectivity index (χ4v) is 1.25. The van der Waals surface area contributed by atoms with E-state index in [4.69, 9.17) is 15.2 Å². The molecule has 1 rings (SSSR count). The van der Waals surface area contributed by atoms with Gasteiger partial charge in [0.2, 0.25) is 0 Å². The molecule has 2 N–H and O–H groups in total. The molecule has 0 aliphatic rings. The number of primary amides is 1. The molecule has 0 aliphatic heterocycles. The number of ether oxygens (including phenoxy) is 2. The van der Waals surface area contributed by atoms with E-state index in [1.807, 2.05) is 6.92 Å². The van der Waals surface area contributed by atoms with E-state index in [0.29, 0.717) is 17.1 Å². The molecule has 0 fully saturated rings. The van der Waals surface area contributed by atoms with Gasteiger partial charge >= 0.3 is 0 Å². The van der Waals surface area contributed by atoms with Crippen LogP contribution in [-0.4, -0.2) is 20.1 Å². The molecule has 0 saturated heterocycles. The lowest BCUT2D eigenvalue weighted by Gasteiger charge is -2.10. The summed E-state index contributed by atoms with van der Waals surface area (Å²) in [7, 11) is 3.04. The van der Waals surface area contributed by atoms with Gasteiger partial charge in [0.15, 0.2) is 0 Å². The van der Waals surface area contributed by atoms with Crippen LogP contribution in [0.5, 0.6) is 11.5 Å². The quantitative estimate of drug-likeness (QED) is 0.785. The van der Waals surface area contributed by atoms with Crippen LogP contribution in [-0.2, 0) is 0 Å². The number of hydrogen-bond acceptors (Lipinski definition) is 3. The molecule has 14 heavy (non-hydrogen) atoms. The molecule has 1 amide bonds. The number of benzene rings is 1. The average molecular weight is 195 g/mol. The van der Waals surface area contributed by atoms with Gasteiger partial charge in [0.05, 0.1) is 19.8 Å². The van der Waals surface area contributed by atoms with Crippen molar-refractivity contribution in [2.24, 2.45) is 5.73 Å². The van der Waals surface area contributed by atoms with Crippen LogP contribution in [0.15, 0.2) is 12.1 Å². The number of hydrogen-bond donors (Lipinski definition) is 1. The summed E-state index contributed by atoms with van der Waals surface area (Å²) >= 11 is 0. The Hall–Kier alpha value is -1.71. The predicted octanol–water partition coefficient (Wildman–Crippen LogP) is 1.11. The van der Waals surface area contributed by atoms with Gasteiger partial charge in [-0.1, -0.05) is 0 Å². The van der Waals surface area contributed by atoms with Gasteiger partial charge in [0, 0.05) is 6.07 Å². The highest BCUT2D eigenvalue weighted by Gasteiger charge is 2.12. The number of amides is 1. The van der Waals surface area contributed by atoms with Crippen LogP contribution < -0.4 is 15.2 Å². The fourth-order valence-electron chi connectivity index (χ4n) is 1.25. The number of carbonyl (C=O) groups is 1. The van der Waals surface area contributed by atoms with Crippen LogP contribution in [0.4, 0.5) is 0 Å². The molecule has 0 atom stereocenters. The first kappa shape index (κ1) is 10.4. The topological polar surface area (TPSA) is 61.6 Å². The van der Waals surface area contributed by atoms with Crippen molar-refractivity contribution < 1.29 is 14.3 Å². The van der Waals surface area contributed by atoms with E-state index < -0.39 is 5.91 Å². The van der Waals surface area contributed by atoms with Gasteiger partial charge in [-0.15, -0.1) is 0 Å². The van der Waals surface area contributed by atoms with E-state index in [9.17, 15) is 4.79 Å². The second-order valence-corrected chi connectivity index (χ2v) is 2.89. The van der Waals surface area contributed by atoms with Gasteiger partial charge in [-0.2, -0.15) is 0 Å². The van der Waals surface area contributed by atoms with Crippen LogP contribution in [0.1, 0.15) is 15.9 Å². The maximum absolute atomic E-state index is 11.0. The summed E-state index contributed by atoms with van der Waals surface area (Å²) in [5.74, 6) is 0.597. The van der Waals surface area contributed by atoms with Crippen molar-refractivity contribution in [3.05, 3.63) is 23.3 Å². The minimum absolute atomic E-state index is 0.366. The Kier molecular flexibility index (Phi) is 2.96. The summed E-state index contributed by atoms with van der Waals surface area (Å²) in [4.78, 5) is 11.0. The Morgan fingerprint density at radius 2 is 1.79 bits per heavy atom. The summed E-state index contributed by atoms with van der Waals surface area (Å²) in [6, 6.07) is 3.30. The first-order valence-corrected chi connectivity index (χ1v) is 4.12. The van der Waals surface area contributed by atoms with Gasteiger partial charge in [-0.25, -0.2) is 0 Å². The van der Waals surface area contributed by atoms with Crippen molar-refractivity contribution in [2.75, 3.05) is 14.2 Å². The first-order valence-electron chi connectivity index (χ1n) is 4.12. The lowest BCUT2D eigenvalue weighted by Crippen LogP contribution is -2.13. The van der Waals surface area contributed by atoms with Crippen LogP contribution in [0.2, 0.25) is 0 Å². The second kappa shape index (κ2) is 4.00. The number of nitrogens with two attached hydrogens (primary N) is 1. The normalized spacial score (nSPS) is 9.64. The van der Waals surface area contributed by atoms with Gasteiger partial charge in [0.25, 0.3) is 5.91 Å². The van der Waals surface area contributed by atoms with Gasteiger partial charge in [-0.3, -0.25) is 4.79 Å². The molecule has 4 heteroatoms. The van der Waals surface area contributed by atoms with E-state index in [2.05, 4.69) is 0 Å². The van der Waals surface area contributed by atoms with E-state index in [0.717, 1.165) is 5.56 Å². The second-order valence-electron chi connectivity index (χ2n) is 2.89. The van der Waals surface area contributed by atoms with E-state index >= 15 is 0 Å². The molecule has 76 valence electrons. The van der Waals surface area contributed by atoms with Crippen molar-refractivity contribution >= 4 is 5.91 Å². The largest absolute Gasteiger partial charge is 0.496 e. The number of aryl methyl sites for hydroxylation is 1. The third-order valence-corrected chi connectivity index (χ3v) is 1.98. The summed E-state index contributed by atoms with van der Waals surface area (Å²) in [5, 5.41) is 0. The number of carbonyl (C=O) groups excluding carboxylic acids is 1. The third-order valence-electron chi connectivity index (χ3n) is 1.98. The molecular weight excluding hydrogens is 182 g/mol. The molecule has 4 nitrogen and oxygen atoms in total. The molecule has 0 bridgehead atoms. The summed E-state index contributed by atoms with van der Waals surface area (Å²) in [5.41, 5.74) is 6.41. The van der Waals surface area contributed by atoms with Crippen molar-refractivity contribution in [2.45, 2.75) is 6.92 Å². The van der Waals surface area contributed by atoms with Crippen molar-refractivity contribution in [3.63, 3.8) is 0 Å². The summed E-state index contributed by atoms with van der Waals surface area (Å²) in [6.07, 6.45) is 0. The van der Waals surface area contributed by atoms with Crippen LogP contribution in [0, 0.1) is 6.92 Å². The summed E-state index contributed by atoms with van der Waals surface area (Å²) < 4.78 is 10.1. The zero-order chi connectivity index (χ0) is 10.7. The van der Waals surface area contributed by atoms with Crippen molar-refractivity contribution in [1.29, 1.82) is 0 Å². The van der Waals surface area contributed by atoms with Gasteiger partial charge in [-0.05, 0) is 18.6 Å². The van der Waals surface area contributed by atoms with Gasteiger partial charge < -0.3 is 15.2 Å². The molecule has 1 aromatic carbocycles. The Balaban J connectivity index is 3.31. The maximum Gasteiger partial charge on any atom is 0.252 e. The highest BCUT2D eigenvalue weighted by atomic mass is 16.5. The molecule has 0 aromatic heterocycles. The minimum atomic E-state index is -0.507. The molecule has 0 unspecified atom stereocenters. The molecule has 0 spiro atoms. The first-order chi connectivity index (χ1) is 6.60. The lowest BCUT2D eigenvalue weighted by molar-refractivity contribution is 0.0997. The molecule has 0 saturated carbocycles. The van der Waals surface area contributed by atoms with Crippen LogP contribution >= 0.6 is 0 Å². The molecule has 0 radical (unpaired) electrons. The zero-order valence-corrected chi connectivity index (χ0v) is 8.46. The van der Waals surface area contributed by atoms with Crippen LogP contribution in [0.3, 0.4) is 0 Å². The Morgan fingerprint density at radius 1 is 1.21 bits per heavy atom. The SMILES string of the molecule is COc1cc(OC)c(C(N)=O)cc1C. The smallest absolute Gasteiger partial charge is 0.252 e. The minimum Gasteiger partial charge on any atom is -0.496 e. The Morgan fingerprint density at radius 3 is 2.21 bits per heavy atom. The lowest BCUT2D eigenvalue weighted by atomic mass is 10.1. The zero-order valence-electron chi connectivity index (χ0n) is 8.46. The summed E-state index contributed by atoms with van der Waals surface area (Å²) in [6.45, 7) is 1.84. The standard InChI is InChI=1S/C10H13NO3/c1-6-4-7(10(11)12)9(14-3)5-8(6)13-2/h4-5H,1-3H3,(H2,11,12). The third kappa shape index (κ3) is 1.79. The molecule has 1 aromatic rings. The average Bonchev–Trinajstić information content (AvgIpc) is 2.17. The van der Waals surface area contributed by atoms with Crippen molar-refractivity contribution in [1.82, 2.24) is 0 Å². The van der Waals surface area contributed by atoms with Crippen molar-refractivity contribution in [3.8, 4) is 11.5 Å². The Bertz CT molecular complexity index is 361. The Labute approximate surface area is 82.6 Å². The van der Waals surface area contributed by atoms with Gasteiger partial charge in [0.1, 0.15) is 11.5 Å². The number of methoxy groups -OCH3 is 2. The molecule has 0 aliphatic carbocycles. The fraction of sp³-hybridized carbons (Fsp3) is 0.300. The van der Waals surface area contributed by atoms with E-state index in [1.165, 1.54) is 7.11 Å². The van der Waals surface area contributed by atoms with E-state index in [-0.39, 0.29) is 0 Å². The van der Waals surface area contributed by atoms with Crippen LogP contribution in [0.25, 0.3) is 0 Å². The monoisotopic (exact) mass is 195 g/mol. The molecule has 0 heterocycles. The predicted molar refractivity (Wildman–Crippen MR) is 52.8 cm³/mol. The highest BCUT2D eigenvalue weighted by molar-refractivity contribution is 5.96. The van der Waals surface area contributed by atoms with E-state index in [1.54, 1.807) is 19.2 Å². The highest BCUT2D eigenvalue weighted by Crippen LogP contribution is 2.27.